The predicted molar refractivity (Wildman–Crippen MR) is 59.4 cm³/mol. The number of benzene rings is 1. The molecule has 0 bridgehead atoms. The third kappa shape index (κ3) is 1.04. The molecule has 0 saturated heterocycles. The summed E-state index contributed by atoms with van der Waals surface area (Å²) >= 11 is 3.61. The second-order valence-electron chi connectivity index (χ2n) is 4.48. The van der Waals surface area contributed by atoms with E-state index >= 15 is 0 Å². The Morgan fingerprint density at radius 1 is 1.36 bits per heavy atom. The minimum Gasteiger partial charge on any atom is -0.392 e. The van der Waals surface area contributed by atoms with Gasteiger partial charge in [0, 0.05) is 9.89 Å². The number of aliphatic hydroxyl groups is 1. The first-order valence-corrected chi connectivity index (χ1v) is 5.99. The smallest absolute Gasteiger partial charge is 0.0640 e. The normalized spacial score (nSPS) is 27.4. The van der Waals surface area contributed by atoms with E-state index in [0.717, 1.165) is 25.7 Å². The second kappa shape index (κ2) is 2.83. The van der Waals surface area contributed by atoms with Gasteiger partial charge in [-0.1, -0.05) is 28.1 Å². The summed E-state index contributed by atoms with van der Waals surface area (Å²) in [7, 11) is 0. The van der Waals surface area contributed by atoms with E-state index in [4.69, 9.17) is 0 Å². The Bertz CT molecular complexity index is 382. The zero-order chi connectivity index (χ0) is 9.76. The van der Waals surface area contributed by atoms with E-state index < -0.39 is 0 Å². The van der Waals surface area contributed by atoms with E-state index in [9.17, 15) is 5.11 Å². The third-order valence-electron chi connectivity index (χ3n) is 3.71. The van der Waals surface area contributed by atoms with Crippen LogP contribution >= 0.6 is 15.9 Å². The maximum atomic E-state index is 10.0. The molecule has 1 saturated carbocycles. The molecule has 1 spiro atoms. The van der Waals surface area contributed by atoms with Gasteiger partial charge in [0.25, 0.3) is 0 Å². The summed E-state index contributed by atoms with van der Waals surface area (Å²) in [6.07, 6.45) is 4.16. The van der Waals surface area contributed by atoms with Gasteiger partial charge in [0.2, 0.25) is 0 Å². The Morgan fingerprint density at radius 3 is 2.86 bits per heavy atom. The van der Waals surface area contributed by atoms with Crippen LogP contribution in [0.4, 0.5) is 0 Å². The van der Waals surface area contributed by atoms with Crippen LogP contribution in [0.1, 0.15) is 30.4 Å². The molecule has 0 amide bonds. The molecule has 74 valence electrons. The minimum absolute atomic E-state index is 0.117. The number of hydrogen-bond acceptors (Lipinski definition) is 1. The summed E-state index contributed by atoms with van der Waals surface area (Å²) in [5, 5.41) is 10.0. The average molecular weight is 253 g/mol. The quantitative estimate of drug-likeness (QED) is 0.753. The van der Waals surface area contributed by atoms with Gasteiger partial charge in [0.05, 0.1) is 6.10 Å². The molecule has 0 aliphatic heterocycles. The molecule has 1 aromatic carbocycles. The van der Waals surface area contributed by atoms with Crippen LogP contribution in [0.2, 0.25) is 0 Å². The van der Waals surface area contributed by atoms with Gasteiger partial charge in [-0.15, -0.1) is 0 Å². The highest BCUT2D eigenvalue weighted by atomic mass is 79.9. The molecular formula is C12H13BrO. The highest BCUT2D eigenvalue weighted by Crippen LogP contribution is 2.57. The summed E-state index contributed by atoms with van der Waals surface area (Å²) in [6, 6.07) is 6.39. The highest BCUT2D eigenvalue weighted by molar-refractivity contribution is 9.10. The molecule has 2 aliphatic carbocycles. The van der Waals surface area contributed by atoms with Crippen molar-refractivity contribution in [3.8, 4) is 0 Å². The molecule has 2 aliphatic rings. The molecule has 1 N–H and O–H groups in total. The first-order chi connectivity index (χ1) is 6.74. The Kier molecular flexibility index (Phi) is 1.80. The standard InChI is InChI=1S/C12H13BrO/c13-9-3-1-2-8-4-5-10(14)12(6-7-12)11(8)9/h1-3,10,14H,4-7H2. The topological polar surface area (TPSA) is 20.2 Å². The van der Waals surface area contributed by atoms with Crippen molar-refractivity contribution in [1.29, 1.82) is 0 Å². The van der Waals surface area contributed by atoms with Gasteiger partial charge in [0.1, 0.15) is 0 Å². The lowest BCUT2D eigenvalue weighted by molar-refractivity contribution is 0.114. The second-order valence-corrected chi connectivity index (χ2v) is 5.34. The molecule has 2 heteroatoms. The predicted octanol–water partition coefficient (Wildman–Crippen LogP) is 2.79. The lowest BCUT2D eigenvalue weighted by atomic mass is 9.78. The van der Waals surface area contributed by atoms with Crippen LogP contribution in [-0.2, 0) is 11.8 Å². The van der Waals surface area contributed by atoms with Crippen LogP contribution in [0.5, 0.6) is 0 Å². The maximum absolute atomic E-state index is 10.0. The molecule has 3 rings (SSSR count). The van der Waals surface area contributed by atoms with Gasteiger partial charge in [-0.25, -0.2) is 0 Å². The molecule has 1 unspecified atom stereocenters. The van der Waals surface area contributed by atoms with Crippen molar-refractivity contribution >= 4 is 15.9 Å². The first-order valence-electron chi connectivity index (χ1n) is 5.20. The molecule has 1 nitrogen and oxygen atoms in total. The van der Waals surface area contributed by atoms with Gasteiger partial charge < -0.3 is 5.11 Å². The van der Waals surface area contributed by atoms with E-state index in [1.54, 1.807) is 0 Å². The maximum Gasteiger partial charge on any atom is 0.0640 e. The molecule has 1 atom stereocenters. The van der Waals surface area contributed by atoms with Crippen LogP contribution in [0, 0.1) is 0 Å². The van der Waals surface area contributed by atoms with E-state index in [0.29, 0.717) is 0 Å². The van der Waals surface area contributed by atoms with Gasteiger partial charge in [0.15, 0.2) is 0 Å². The summed E-state index contributed by atoms with van der Waals surface area (Å²) in [5.74, 6) is 0. The highest BCUT2D eigenvalue weighted by Gasteiger charge is 2.53. The molecule has 1 aromatic rings. The number of fused-ring (bicyclic) bond motifs is 2. The number of rotatable bonds is 0. The SMILES string of the molecule is OC1CCc2cccc(Br)c2C12CC2. The molecule has 0 heterocycles. The molecule has 1 fully saturated rings. The Morgan fingerprint density at radius 2 is 2.14 bits per heavy atom. The fourth-order valence-electron chi connectivity index (χ4n) is 2.79. The fourth-order valence-corrected chi connectivity index (χ4v) is 3.59. The van der Waals surface area contributed by atoms with Crippen LogP contribution in [0.25, 0.3) is 0 Å². The van der Waals surface area contributed by atoms with Crippen LogP contribution in [0.3, 0.4) is 0 Å². The minimum atomic E-state index is -0.117. The number of halogens is 1. The van der Waals surface area contributed by atoms with Gasteiger partial charge in [-0.05, 0) is 42.9 Å². The molecule has 14 heavy (non-hydrogen) atoms. The van der Waals surface area contributed by atoms with Gasteiger partial charge in [-0.2, -0.15) is 0 Å². The molecule has 0 radical (unpaired) electrons. The summed E-state index contributed by atoms with van der Waals surface area (Å²) in [4.78, 5) is 0. The van der Waals surface area contributed by atoms with Crippen LogP contribution in [-0.4, -0.2) is 11.2 Å². The van der Waals surface area contributed by atoms with Crippen molar-refractivity contribution in [3.63, 3.8) is 0 Å². The average Bonchev–Trinajstić information content (AvgIpc) is 2.94. The lowest BCUT2D eigenvalue weighted by Crippen LogP contribution is -2.32. The van der Waals surface area contributed by atoms with Crippen molar-refractivity contribution in [2.45, 2.75) is 37.2 Å². The van der Waals surface area contributed by atoms with E-state index in [1.807, 2.05) is 0 Å². The van der Waals surface area contributed by atoms with E-state index in [1.165, 1.54) is 15.6 Å². The molecular weight excluding hydrogens is 240 g/mol. The largest absolute Gasteiger partial charge is 0.392 e. The lowest BCUT2D eigenvalue weighted by Gasteiger charge is -2.31. The summed E-state index contributed by atoms with van der Waals surface area (Å²) < 4.78 is 1.19. The van der Waals surface area contributed by atoms with Crippen molar-refractivity contribution in [1.82, 2.24) is 0 Å². The summed E-state index contributed by atoms with van der Waals surface area (Å²) in [5.41, 5.74) is 2.94. The monoisotopic (exact) mass is 252 g/mol. The van der Waals surface area contributed by atoms with Crippen molar-refractivity contribution in [3.05, 3.63) is 33.8 Å². The fraction of sp³-hybridized carbons (Fsp3) is 0.500. The zero-order valence-corrected chi connectivity index (χ0v) is 9.55. The Labute approximate surface area is 92.3 Å². The van der Waals surface area contributed by atoms with Crippen molar-refractivity contribution in [2.75, 3.05) is 0 Å². The Hall–Kier alpha value is -0.340. The third-order valence-corrected chi connectivity index (χ3v) is 4.37. The van der Waals surface area contributed by atoms with E-state index in [2.05, 4.69) is 34.1 Å². The Balaban J connectivity index is 2.21. The van der Waals surface area contributed by atoms with Crippen molar-refractivity contribution in [2.24, 2.45) is 0 Å². The zero-order valence-electron chi connectivity index (χ0n) is 7.96. The van der Waals surface area contributed by atoms with E-state index in [-0.39, 0.29) is 11.5 Å². The number of aryl methyl sites for hydroxylation is 1. The number of aliphatic hydroxyl groups excluding tert-OH is 1. The number of hydrogen-bond donors (Lipinski definition) is 1. The van der Waals surface area contributed by atoms with Gasteiger partial charge in [-0.3, -0.25) is 0 Å². The van der Waals surface area contributed by atoms with Crippen LogP contribution < -0.4 is 0 Å². The van der Waals surface area contributed by atoms with Crippen molar-refractivity contribution < 1.29 is 5.11 Å². The van der Waals surface area contributed by atoms with Gasteiger partial charge >= 0.3 is 0 Å². The first kappa shape index (κ1) is 8.93. The molecule has 0 aromatic heterocycles. The van der Waals surface area contributed by atoms with Crippen LogP contribution in [0.15, 0.2) is 22.7 Å². The summed E-state index contributed by atoms with van der Waals surface area (Å²) in [6.45, 7) is 0.